The number of nitrogens with one attached hydrogen (secondary N) is 2. The molecule has 0 fully saturated rings. The number of aromatic amines is 1. The van der Waals surface area contributed by atoms with Crippen LogP contribution in [0.4, 0.5) is 0 Å². The van der Waals surface area contributed by atoms with E-state index in [1.165, 1.54) is 0 Å². The van der Waals surface area contributed by atoms with E-state index >= 15 is 0 Å². The standard InChI is InChI=1S/C13H15N3O3/c17-11(18)6-1-2-7-14-13(19)10-5-3-4-9-8-15-16-12(9)10/h3-5,8H,1-2,6-7H2,(H,14,19)(H,15,16)(H,17,18). The minimum Gasteiger partial charge on any atom is -0.481 e. The zero-order valence-corrected chi connectivity index (χ0v) is 10.3. The average Bonchev–Trinajstić information content (AvgIpc) is 2.85. The molecule has 3 N–H and O–H groups in total. The Morgan fingerprint density at radius 3 is 2.95 bits per heavy atom. The van der Waals surface area contributed by atoms with E-state index in [0.717, 1.165) is 5.39 Å². The van der Waals surface area contributed by atoms with Crippen LogP contribution in [-0.4, -0.2) is 33.7 Å². The first-order chi connectivity index (χ1) is 9.18. The van der Waals surface area contributed by atoms with E-state index in [-0.39, 0.29) is 12.3 Å². The average molecular weight is 261 g/mol. The number of benzene rings is 1. The van der Waals surface area contributed by atoms with E-state index in [2.05, 4.69) is 15.5 Å². The first-order valence-corrected chi connectivity index (χ1v) is 6.10. The minimum atomic E-state index is -0.812. The van der Waals surface area contributed by atoms with Gasteiger partial charge in [0.1, 0.15) is 0 Å². The van der Waals surface area contributed by atoms with Crippen LogP contribution in [0.15, 0.2) is 24.4 Å². The van der Waals surface area contributed by atoms with E-state index < -0.39 is 5.97 Å². The quantitative estimate of drug-likeness (QED) is 0.687. The normalized spacial score (nSPS) is 10.5. The van der Waals surface area contributed by atoms with Gasteiger partial charge in [-0.05, 0) is 18.9 Å². The molecule has 6 nitrogen and oxygen atoms in total. The molecule has 2 rings (SSSR count). The summed E-state index contributed by atoms with van der Waals surface area (Å²) in [6, 6.07) is 5.41. The highest BCUT2D eigenvalue weighted by molar-refractivity contribution is 6.05. The van der Waals surface area contributed by atoms with Crippen LogP contribution in [0.5, 0.6) is 0 Å². The van der Waals surface area contributed by atoms with Crippen molar-refractivity contribution in [2.45, 2.75) is 19.3 Å². The molecule has 0 atom stereocenters. The third kappa shape index (κ3) is 3.31. The van der Waals surface area contributed by atoms with E-state index in [9.17, 15) is 9.59 Å². The van der Waals surface area contributed by atoms with Gasteiger partial charge in [-0.2, -0.15) is 5.10 Å². The van der Waals surface area contributed by atoms with Crippen LogP contribution in [0.3, 0.4) is 0 Å². The molecule has 0 saturated heterocycles. The predicted molar refractivity (Wildman–Crippen MR) is 69.9 cm³/mol. The second-order valence-electron chi connectivity index (χ2n) is 4.25. The van der Waals surface area contributed by atoms with Crippen LogP contribution in [-0.2, 0) is 4.79 Å². The molecule has 0 unspecified atom stereocenters. The molecule has 6 heteroatoms. The summed E-state index contributed by atoms with van der Waals surface area (Å²) in [6.45, 7) is 0.469. The molecule has 0 spiro atoms. The maximum Gasteiger partial charge on any atom is 0.303 e. The Bertz CT molecular complexity index is 592. The van der Waals surface area contributed by atoms with Gasteiger partial charge < -0.3 is 10.4 Å². The number of fused-ring (bicyclic) bond motifs is 1. The van der Waals surface area contributed by atoms with Crippen molar-refractivity contribution >= 4 is 22.8 Å². The summed E-state index contributed by atoms with van der Waals surface area (Å²) >= 11 is 0. The summed E-state index contributed by atoms with van der Waals surface area (Å²) in [5.41, 5.74) is 1.26. The number of para-hydroxylation sites is 1. The highest BCUT2D eigenvalue weighted by Crippen LogP contribution is 2.15. The summed E-state index contributed by atoms with van der Waals surface area (Å²) in [5.74, 6) is -0.987. The van der Waals surface area contributed by atoms with Crippen molar-refractivity contribution in [2.24, 2.45) is 0 Å². The fraction of sp³-hybridized carbons (Fsp3) is 0.308. The second-order valence-corrected chi connectivity index (χ2v) is 4.25. The Hall–Kier alpha value is -2.37. The van der Waals surface area contributed by atoms with Crippen molar-refractivity contribution < 1.29 is 14.7 Å². The third-order valence-electron chi connectivity index (χ3n) is 2.82. The molecule has 1 amide bonds. The predicted octanol–water partition coefficient (Wildman–Crippen LogP) is 1.55. The molecular weight excluding hydrogens is 246 g/mol. The lowest BCUT2D eigenvalue weighted by Gasteiger charge is -2.05. The molecule has 19 heavy (non-hydrogen) atoms. The van der Waals surface area contributed by atoms with Gasteiger partial charge in [-0.1, -0.05) is 12.1 Å². The number of carboxylic acids is 1. The molecule has 0 aliphatic heterocycles. The molecule has 1 aromatic heterocycles. The van der Waals surface area contributed by atoms with Gasteiger partial charge in [0.25, 0.3) is 5.91 Å². The fourth-order valence-electron chi connectivity index (χ4n) is 1.86. The number of H-pyrrole nitrogens is 1. The summed E-state index contributed by atoms with van der Waals surface area (Å²) < 4.78 is 0. The van der Waals surface area contributed by atoms with E-state index in [1.54, 1.807) is 18.3 Å². The van der Waals surface area contributed by atoms with Gasteiger partial charge in [0, 0.05) is 18.4 Å². The van der Waals surface area contributed by atoms with Crippen LogP contribution >= 0.6 is 0 Å². The number of nitrogens with zero attached hydrogens (tertiary/aromatic N) is 1. The van der Waals surface area contributed by atoms with Crippen LogP contribution in [0.1, 0.15) is 29.6 Å². The first-order valence-electron chi connectivity index (χ1n) is 6.10. The molecule has 0 aliphatic carbocycles. The van der Waals surface area contributed by atoms with Crippen molar-refractivity contribution in [3.8, 4) is 0 Å². The number of aliphatic carboxylic acids is 1. The van der Waals surface area contributed by atoms with Crippen molar-refractivity contribution in [2.75, 3.05) is 6.54 Å². The number of hydrogen-bond acceptors (Lipinski definition) is 3. The smallest absolute Gasteiger partial charge is 0.303 e. The Labute approximate surface area is 109 Å². The minimum absolute atomic E-state index is 0.131. The van der Waals surface area contributed by atoms with Gasteiger partial charge >= 0.3 is 5.97 Å². The Morgan fingerprint density at radius 2 is 2.16 bits per heavy atom. The molecule has 100 valence electrons. The monoisotopic (exact) mass is 261 g/mol. The highest BCUT2D eigenvalue weighted by atomic mass is 16.4. The van der Waals surface area contributed by atoms with Gasteiger partial charge in [0.15, 0.2) is 0 Å². The maximum absolute atomic E-state index is 12.0. The number of amides is 1. The number of carbonyl (C=O) groups excluding carboxylic acids is 1. The van der Waals surface area contributed by atoms with Crippen molar-refractivity contribution in [1.82, 2.24) is 15.5 Å². The number of aromatic nitrogens is 2. The zero-order valence-electron chi connectivity index (χ0n) is 10.3. The lowest BCUT2D eigenvalue weighted by molar-refractivity contribution is -0.137. The maximum atomic E-state index is 12.0. The van der Waals surface area contributed by atoms with E-state index in [4.69, 9.17) is 5.11 Å². The number of rotatable bonds is 6. The SMILES string of the molecule is O=C(O)CCCCNC(=O)c1cccc2cn[nH]c12. The summed E-state index contributed by atoms with van der Waals surface area (Å²) in [7, 11) is 0. The summed E-state index contributed by atoms with van der Waals surface area (Å²) in [5, 5.41) is 18.9. The topological polar surface area (TPSA) is 95.1 Å². The fourth-order valence-corrected chi connectivity index (χ4v) is 1.86. The van der Waals surface area contributed by atoms with E-state index in [1.807, 2.05) is 6.07 Å². The second kappa shape index (κ2) is 5.99. The third-order valence-corrected chi connectivity index (χ3v) is 2.82. The summed E-state index contributed by atoms with van der Waals surface area (Å²) in [6.07, 6.45) is 3.01. The lowest BCUT2D eigenvalue weighted by atomic mass is 10.1. The zero-order chi connectivity index (χ0) is 13.7. The molecular formula is C13H15N3O3. The Kier molecular flexibility index (Phi) is 4.12. The summed E-state index contributed by atoms with van der Waals surface area (Å²) in [4.78, 5) is 22.3. The van der Waals surface area contributed by atoms with Gasteiger partial charge in [-0.25, -0.2) is 0 Å². The first kappa shape index (κ1) is 13.1. The molecule has 0 radical (unpaired) electrons. The lowest BCUT2D eigenvalue weighted by Crippen LogP contribution is -2.24. The van der Waals surface area contributed by atoms with Crippen molar-refractivity contribution in [1.29, 1.82) is 0 Å². The van der Waals surface area contributed by atoms with E-state index in [0.29, 0.717) is 30.5 Å². The van der Waals surface area contributed by atoms with Crippen LogP contribution in [0.25, 0.3) is 10.9 Å². The number of carbonyl (C=O) groups is 2. The Morgan fingerprint density at radius 1 is 1.32 bits per heavy atom. The number of unbranched alkanes of at least 4 members (excludes halogenated alkanes) is 1. The van der Waals surface area contributed by atoms with Gasteiger partial charge in [0.2, 0.25) is 0 Å². The molecule has 0 bridgehead atoms. The van der Waals surface area contributed by atoms with Gasteiger partial charge in [0.05, 0.1) is 17.3 Å². The van der Waals surface area contributed by atoms with Gasteiger partial charge in [-0.3, -0.25) is 14.7 Å². The molecule has 1 aromatic carbocycles. The molecule has 1 heterocycles. The van der Waals surface area contributed by atoms with Crippen molar-refractivity contribution in [3.63, 3.8) is 0 Å². The largest absolute Gasteiger partial charge is 0.481 e. The molecule has 0 aliphatic rings. The molecule has 2 aromatic rings. The van der Waals surface area contributed by atoms with Crippen LogP contribution < -0.4 is 5.32 Å². The van der Waals surface area contributed by atoms with Gasteiger partial charge in [-0.15, -0.1) is 0 Å². The number of carboxylic acid groups (broad SMARTS) is 1. The van der Waals surface area contributed by atoms with Crippen LogP contribution in [0, 0.1) is 0 Å². The Balaban J connectivity index is 1.90. The highest BCUT2D eigenvalue weighted by Gasteiger charge is 2.10. The number of hydrogen-bond donors (Lipinski definition) is 3. The van der Waals surface area contributed by atoms with Crippen LogP contribution in [0.2, 0.25) is 0 Å². The molecule has 0 saturated carbocycles. The van der Waals surface area contributed by atoms with Crippen molar-refractivity contribution in [3.05, 3.63) is 30.0 Å².